The summed E-state index contributed by atoms with van der Waals surface area (Å²) in [5.74, 6) is 0. The zero-order valence-electron chi connectivity index (χ0n) is 6.04. The van der Waals surface area contributed by atoms with Gasteiger partial charge in [0.25, 0.3) is 0 Å². The molecule has 0 aliphatic carbocycles. The van der Waals surface area contributed by atoms with E-state index in [0.29, 0.717) is 5.41 Å². The average molecular weight is 183 g/mol. The van der Waals surface area contributed by atoms with Gasteiger partial charge in [0.2, 0.25) is 7.03 Å². The molecule has 0 radical (unpaired) electrons. The van der Waals surface area contributed by atoms with Crippen molar-refractivity contribution in [3.8, 4) is 0 Å². The lowest BCUT2D eigenvalue weighted by molar-refractivity contribution is 0.439. The highest BCUT2D eigenvalue weighted by Gasteiger charge is 2.07. The summed E-state index contributed by atoms with van der Waals surface area (Å²) >= 11 is 11.2. The van der Waals surface area contributed by atoms with Gasteiger partial charge in [-0.1, -0.05) is 26.4 Å². The van der Waals surface area contributed by atoms with E-state index >= 15 is 0 Å². The van der Waals surface area contributed by atoms with Crippen LogP contribution >= 0.6 is 22.2 Å². The molecule has 0 amide bonds. The smallest absolute Gasteiger partial charge is 0.118 e. The average Bonchev–Trinajstić information content (AvgIpc) is 1.59. The Bertz CT molecular complexity index is 109. The van der Waals surface area contributed by atoms with Gasteiger partial charge in [0.15, 0.2) is 0 Å². The molecular formula is C6H12Cl2Si. The van der Waals surface area contributed by atoms with E-state index in [9.17, 15) is 0 Å². The summed E-state index contributed by atoms with van der Waals surface area (Å²) in [5.41, 5.74) is 2.34. The Morgan fingerprint density at radius 1 is 1.33 bits per heavy atom. The maximum absolute atomic E-state index is 5.60. The number of halogens is 2. The molecule has 0 fully saturated rings. The third-order valence-corrected chi connectivity index (χ3v) is 2.31. The zero-order valence-corrected chi connectivity index (χ0v) is 8.55. The van der Waals surface area contributed by atoms with Crippen molar-refractivity contribution in [3.63, 3.8) is 0 Å². The molecule has 0 aliphatic rings. The summed E-state index contributed by atoms with van der Waals surface area (Å²) < 4.78 is 0. The van der Waals surface area contributed by atoms with E-state index in [1.807, 2.05) is 5.67 Å². The van der Waals surface area contributed by atoms with Crippen LogP contribution in [0.15, 0.2) is 0 Å². The SMILES string of the molecule is CC(C)(C)CC=[Si](Cl)Cl. The molecule has 0 aromatic rings. The molecule has 0 atom stereocenters. The fourth-order valence-corrected chi connectivity index (χ4v) is 1.61. The van der Waals surface area contributed by atoms with Crippen molar-refractivity contribution in [1.29, 1.82) is 0 Å². The minimum absolute atomic E-state index is 0.333. The highest BCUT2D eigenvalue weighted by atomic mass is 35.7. The van der Waals surface area contributed by atoms with Gasteiger partial charge in [-0.15, -0.1) is 22.2 Å². The molecule has 3 heteroatoms. The van der Waals surface area contributed by atoms with Gasteiger partial charge < -0.3 is 0 Å². The monoisotopic (exact) mass is 182 g/mol. The summed E-state index contributed by atoms with van der Waals surface area (Å²) in [7, 11) is -1.15. The molecule has 0 unspecified atom stereocenters. The van der Waals surface area contributed by atoms with Gasteiger partial charge >= 0.3 is 0 Å². The van der Waals surface area contributed by atoms with Crippen LogP contribution in [0.3, 0.4) is 0 Å². The lowest BCUT2D eigenvalue weighted by Crippen LogP contribution is -2.06. The summed E-state index contributed by atoms with van der Waals surface area (Å²) in [6.45, 7) is 6.51. The molecule has 0 spiro atoms. The first-order valence-electron chi connectivity index (χ1n) is 2.93. The topological polar surface area (TPSA) is 0 Å². The molecule has 0 heterocycles. The second-order valence-electron chi connectivity index (χ2n) is 3.26. The van der Waals surface area contributed by atoms with E-state index < -0.39 is 7.03 Å². The first-order chi connectivity index (χ1) is 3.92. The zero-order chi connectivity index (χ0) is 7.49. The highest BCUT2D eigenvalue weighted by molar-refractivity contribution is 7.34. The van der Waals surface area contributed by atoms with Crippen LogP contribution in [0.4, 0.5) is 0 Å². The van der Waals surface area contributed by atoms with E-state index in [-0.39, 0.29) is 0 Å². The molecular weight excluding hydrogens is 171 g/mol. The number of hydrogen-bond donors (Lipinski definition) is 0. The van der Waals surface area contributed by atoms with Crippen molar-refractivity contribution >= 4 is 34.9 Å². The summed E-state index contributed by atoms with van der Waals surface area (Å²) in [5, 5.41) is 0. The van der Waals surface area contributed by atoms with Crippen LogP contribution in [0, 0.1) is 5.41 Å². The van der Waals surface area contributed by atoms with Crippen LogP contribution in [0.2, 0.25) is 0 Å². The minimum Gasteiger partial charge on any atom is -0.118 e. The number of hydrogen-bond acceptors (Lipinski definition) is 0. The highest BCUT2D eigenvalue weighted by Crippen LogP contribution is 2.16. The Kier molecular flexibility index (Phi) is 4.02. The Hall–Kier alpha value is 0.667. The molecule has 0 aromatic heterocycles. The van der Waals surface area contributed by atoms with Crippen LogP contribution in [-0.4, -0.2) is 12.7 Å². The predicted octanol–water partition coefficient (Wildman–Crippen LogP) is 2.77. The van der Waals surface area contributed by atoms with Crippen molar-refractivity contribution in [2.24, 2.45) is 5.41 Å². The molecule has 54 valence electrons. The van der Waals surface area contributed by atoms with Crippen LogP contribution < -0.4 is 0 Å². The van der Waals surface area contributed by atoms with E-state index in [2.05, 4.69) is 20.8 Å². The third-order valence-electron chi connectivity index (χ3n) is 0.869. The molecule has 0 nitrogen and oxygen atoms in total. The quantitative estimate of drug-likeness (QED) is 0.433. The van der Waals surface area contributed by atoms with Gasteiger partial charge in [-0.25, -0.2) is 0 Å². The molecule has 0 bridgehead atoms. The Balaban J connectivity index is 3.64. The second kappa shape index (κ2) is 3.74. The molecule has 0 rings (SSSR count). The minimum atomic E-state index is -1.15. The second-order valence-corrected chi connectivity index (χ2v) is 7.27. The van der Waals surface area contributed by atoms with Gasteiger partial charge in [0.05, 0.1) is 0 Å². The van der Waals surface area contributed by atoms with Gasteiger partial charge in [0, 0.05) is 0 Å². The van der Waals surface area contributed by atoms with Gasteiger partial charge in [-0.05, 0) is 11.8 Å². The lowest BCUT2D eigenvalue weighted by Gasteiger charge is -2.14. The molecule has 0 saturated carbocycles. The molecule has 0 aromatic carbocycles. The Morgan fingerprint density at radius 3 is 1.89 bits per heavy atom. The largest absolute Gasteiger partial charge is 0.228 e. The molecule has 0 N–H and O–H groups in total. The van der Waals surface area contributed by atoms with E-state index in [1.165, 1.54) is 0 Å². The van der Waals surface area contributed by atoms with Crippen LogP contribution in [0.1, 0.15) is 27.2 Å². The summed E-state index contributed by atoms with van der Waals surface area (Å²) in [6, 6.07) is 0. The van der Waals surface area contributed by atoms with Crippen molar-refractivity contribution in [2.45, 2.75) is 27.2 Å². The van der Waals surface area contributed by atoms with Crippen molar-refractivity contribution in [1.82, 2.24) is 0 Å². The van der Waals surface area contributed by atoms with Crippen molar-refractivity contribution in [3.05, 3.63) is 0 Å². The van der Waals surface area contributed by atoms with Crippen molar-refractivity contribution in [2.75, 3.05) is 0 Å². The van der Waals surface area contributed by atoms with Gasteiger partial charge in [0.1, 0.15) is 0 Å². The van der Waals surface area contributed by atoms with Gasteiger partial charge in [-0.2, -0.15) is 0 Å². The third kappa shape index (κ3) is 8.67. The predicted molar refractivity (Wildman–Crippen MR) is 47.6 cm³/mol. The standard InChI is InChI=1S/C6H12Cl2Si/c1-6(2,3)4-5-9(7)8/h5H,4H2,1-3H3. The molecule has 9 heavy (non-hydrogen) atoms. The molecule has 0 aliphatic heterocycles. The maximum atomic E-state index is 5.60. The number of rotatable bonds is 1. The van der Waals surface area contributed by atoms with Gasteiger partial charge in [-0.3, -0.25) is 0 Å². The Morgan fingerprint density at radius 2 is 1.78 bits per heavy atom. The van der Waals surface area contributed by atoms with Crippen molar-refractivity contribution < 1.29 is 0 Å². The maximum Gasteiger partial charge on any atom is 0.228 e. The summed E-state index contributed by atoms with van der Waals surface area (Å²) in [4.78, 5) is 0. The fourth-order valence-electron chi connectivity index (χ4n) is 0.383. The van der Waals surface area contributed by atoms with Crippen LogP contribution in [-0.2, 0) is 0 Å². The van der Waals surface area contributed by atoms with E-state index in [4.69, 9.17) is 22.2 Å². The van der Waals surface area contributed by atoms with Crippen LogP contribution in [0.25, 0.3) is 0 Å². The molecule has 0 saturated heterocycles. The first-order valence-corrected chi connectivity index (χ1v) is 6.53. The van der Waals surface area contributed by atoms with E-state index in [1.54, 1.807) is 0 Å². The Labute approximate surface area is 67.8 Å². The van der Waals surface area contributed by atoms with Crippen LogP contribution in [0.5, 0.6) is 0 Å². The fraction of sp³-hybridized carbons (Fsp3) is 0.833. The lowest BCUT2D eigenvalue weighted by atomic mass is 9.94. The normalized spacial score (nSPS) is 11.2. The summed E-state index contributed by atoms with van der Waals surface area (Å²) in [6.07, 6.45) is 1.01. The van der Waals surface area contributed by atoms with E-state index in [0.717, 1.165) is 6.42 Å². The first kappa shape index (κ1) is 9.67.